The number of halogens is 2. The van der Waals surface area contributed by atoms with Gasteiger partial charge in [0.2, 0.25) is 5.91 Å². The molecule has 0 spiro atoms. The molecule has 22 heavy (non-hydrogen) atoms. The van der Waals surface area contributed by atoms with E-state index < -0.39 is 17.7 Å². The molecule has 1 heterocycles. The fraction of sp³-hybridized carbons (Fsp3) is 0.533. The Hall–Kier alpha value is -1.57. The van der Waals surface area contributed by atoms with E-state index in [0.717, 1.165) is 18.2 Å². The molecule has 0 radical (unpaired) electrons. The normalized spacial score (nSPS) is 16.9. The van der Waals surface area contributed by atoms with Crippen molar-refractivity contribution in [1.29, 1.82) is 0 Å². The number of rotatable bonds is 5. The topological polar surface area (TPSA) is 53.0 Å². The molecule has 1 aliphatic heterocycles. The van der Waals surface area contributed by atoms with Gasteiger partial charge in [0.25, 0.3) is 0 Å². The second kappa shape index (κ2) is 7.62. The predicted molar refractivity (Wildman–Crippen MR) is 76.2 cm³/mol. The fourth-order valence-corrected chi connectivity index (χ4v) is 2.37. The highest BCUT2D eigenvalue weighted by Gasteiger charge is 2.21. The SMILES string of the molecule is CN(CC(=O)N1CCOCC1)CC(O)c1cc(F)ccc1F. The Morgan fingerprint density at radius 2 is 2.09 bits per heavy atom. The highest BCUT2D eigenvalue weighted by atomic mass is 19.1. The van der Waals surface area contributed by atoms with E-state index in [1.165, 1.54) is 0 Å². The number of ether oxygens (including phenoxy) is 1. The maximum atomic E-state index is 13.6. The minimum absolute atomic E-state index is 0.0381. The first-order valence-electron chi connectivity index (χ1n) is 7.14. The molecule has 1 aliphatic rings. The molecule has 1 saturated heterocycles. The summed E-state index contributed by atoms with van der Waals surface area (Å²) < 4.78 is 31.9. The van der Waals surface area contributed by atoms with Gasteiger partial charge in [0.05, 0.1) is 25.9 Å². The molecule has 1 atom stereocenters. The summed E-state index contributed by atoms with van der Waals surface area (Å²) in [5.41, 5.74) is -0.106. The number of aliphatic hydroxyl groups is 1. The monoisotopic (exact) mass is 314 g/mol. The van der Waals surface area contributed by atoms with E-state index in [9.17, 15) is 18.7 Å². The zero-order valence-corrected chi connectivity index (χ0v) is 12.5. The van der Waals surface area contributed by atoms with Gasteiger partial charge in [0, 0.05) is 25.2 Å². The summed E-state index contributed by atoms with van der Waals surface area (Å²) in [6.07, 6.45) is -1.20. The standard InChI is InChI=1S/C15H20F2N2O3/c1-18(10-15(21)19-4-6-22-7-5-19)9-14(20)12-8-11(16)2-3-13(12)17/h2-3,8,14,20H,4-7,9-10H2,1H3. The third kappa shape index (κ3) is 4.46. The average Bonchev–Trinajstić information content (AvgIpc) is 2.50. The number of morpholine rings is 1. The van der Waals surface area contributed by atoms with Gasteiger partial charge in [0.15, 0.2) is 0 Å². The van der Waals surface area contributed by atoms with Crippen LogP contribution in [-0.2, 0) is 9.53 Å². The quantitative estimate of drug-likeness (QED) is 0.873. The van der Waals surface area contributed by atoms with Gasteiger partial charge in [-0.25, -0.2) is 8.78 Å². The summed E-state index contributed by atoms with van der Waals surface area (Å²) in [6.45, 7) is 2.28. The molecule has 1 N–H and O–H groups in total. The molecular weight excluding hydrogens is 294 g/mol. The molecule has 1 aromatic carbocycles. The Balaban J connectivity index is 1.89. The number of hydrogen-bond donors (Lipinski definition) is 1. The first kappa shape index (κ1) is 16.8. The van der Waals surface area contributed by atoms with Gasteiger partial charge < -0.3 is 14.7 Å². The van der Waals surface area contributed by atoms with Gasteiger partial charge >= 0.3 is 0 Å². The van der Waals surface area contributed by atoms with Crippen LogP contribution in [0.5, 0.6) is 0 Å². The van der Waals surface area contributed by atoms with Crippen molar-refractivity contribution in [3.05, 3.63) is 35.4 Å². The van der Waals surface area contributed by atoms with Crippen molar-refractivity contribution in [3.63, 3.8) is 0 Å². The van der Waals surface area contributed by atoms with E-state index in [1.54, 1.807) is 16.8 Å². The van der Waals surface area contributed by atoms with E-state index in [2.05, 4.69) is 0 Å². The average molecular weight is 314 g/mol. The maximum absolute atomic E-state index is 13.6. The Bertz CT molecular complexity index is 522. The number of hydrogen-bond acceptors (Lipinski definition) is 4. The molecule has 2 rings (SSSR count). The van der Waals surface area contributed by atoms with Crippen LogP contribution in [0.15, 0.2) is 18.2 Å². The molecule has 0 aromatic heterocycles. The van der Waals surface area contributed by atoms with Crippen molar-refractivity contribution in [2.45, 2.75) is 6.10 Å². The number of carbonyl (C=O) groups is 1. The lowest BCUT2D eigenvalue weighted by atomic mass is 10.1. The van der Waals surface area contributed by atoms with Crippen molar-refractivity contribution in [1.82, 2.24) is 9.80 Å². The molecule has 1 aromatic rings. The second-order valence-electron chi connectivity index (χ2n) is 5.37. The smallest absolute Gasteiger partial charge is 0.236 e. The van der Waals surface area contributed by atoms with Crippen LogP contribution in [0.2, 0.25) is 0 Å². The van der Waals surface area contributed by atoms with Crippen molar-refractivity contribution >= 4 is 5.91 Å². The van der Waals surface area contributed by atoms with Gasteiger partial charge in [0.1, 0.15) is 11.6 Å². The highest BCUT2D eigenvalue weighted by Crippen LogP contribution is 2.19. The summed E-state index contributed by atoms with van der Waals surface area (Å²) in [5, 5.41) is 10.0. The van der Waals surface area contributed by atoms with Gasteiger partial charge in [-0.3, -0.25) is 9.69 Å². The van der Waals surface area contributed by atoms with Crippen molar-refractivity contribution in [2.75, 3.05) is 46.4 Å². The van der Waals surface area contributed by atoms with E-state index >= 15 is 0 Å². The van der Waals surface area contributed by atoms with Crippen molar-refractivity contribution < 1.29 is 23.4 Å². The number of amides is 1. The molecule has 0 saturated carbocycles. The zero-order valence-electron chi connectivity index (χ0n) is 12.5. The van der Waals surface area contributed by atoms with Crippen molar-refractivity contribution in [2.24, 2.45) is 0 Å². The molecule has 1 fully saturated rings. The number of nitrogens with zero attached hydrogens (tertiary/aromatic N) is 2. The Kier molecular flexibility index (Phi) is 5.82. The van der Waals surface area contributed by atoms with Crippen molar-refractivity contribution in [3.8, 4) is 0 Å². The summed E-state index contributed by atoms with van der Waals surface area (Å²) in [4.78, 5) is 15.3. The second-order valence-corrected chi connectivity index (χ2v) is 5.37. The van der Waals surface area contributed by atoms with Crippen LogP contribution in [0.25, 0.3) is 0 Å². The molecule has 5 nitrogen and oxygen atoms in total. The Morgan fingerprint density at radius 3 is 2.77 bits per heavy atom. The Morgan fingerprint density at radius 1 is 1.41 bits per heavy atom. The number of likely N-dealkylation sites (N-methyl/N-ethyl adjacent to an activating group) is 1. The maximum Gasteiger partial charge on any atom is 0.236 e. The summed E-state index contributed by atoms with van der Waals surface area (Å²) in [6, 6.07) is 2.95. The largest absolute Gasteiger partial charge is 0.387 e. The highest BCUT2D eigenvalue weighted by molar-refractivity contribution is 5.78. The lowest BCUT2D eigenvalue weighted by Crippen LogP contribution is -2.45. The van der Waals surface area contributed by atoms with Gasteiger partial charge in [-0.2, -0.15) is 0 Å². The van der Waals surface area contributed by atoms with Crippen LogP contribution in [-0.4, -0.2) is 67.3 Å². The first-order valence-corrected chi connectivity index (χ1v) is 7.14. The number of carbonyl (C=O) groups excluding carboxylic acids is 1. The van der Waals surface area contributed by atoms with Crippen LogP contribution in [0.3, 0.4) is 0 Å². The summed E-state index contributed by atoms with van der Waals surface area (Å²) in [5.74, 6) is -1.35. The molecule has 0 bridgehead atoms. The van der Waals surface area contributed by atoms with Gasteiger partial charge in [-0.1, -0.05) is 0 Å². The van der Waals surface area contributed by atoms with E-state index in [1.807, 2.05) is 0 Å². The molecule has 1 unspecified atom stereocenters. The summed E-state index contributed by atoms with van der Waals surface area (Å²) in [7, 11) is 1.65. The third-order valence-electron chi connectivity index (χ3n) is 3.57. The molecule has 1 amide bonds. The third-order valence-corrected chi connectivity index (χ3v) is 3.57. The predicted octanol–water partition coefficient (Wildman–Crippen LogP) is 0.789. The lowest BCUT2D eigenvalue weighted by molar-refractivity contribution is -0.136. The van der Waals surface area contributed by atoms with Crippen LogP contribution >= 0.6 is 0 Å². The van der Waals surface area contributed by atoms with Gasteiger partial charge in [-0.05, 0) is 25.2 Å². The first-order chi connectivity index (χ1) is 10.5. The van der Waals surface area contributed by atoms with E-state index in [4.69, 9.17) is 4.74 Å². The van der Waals surface area contributed by atoms with Crippen LogP contribution in [0, 0.1) is 11.6 Å². The Labute approximate surface area is 128 Å². The summed E-state index contributed by atoms with van der Waals surface area (Å²) >= 11 is 0. The minimum Gasteiger partial charge on any atom is -0.387 e. The fourth-order valence-electron chi connectivity index (χ4n) is 2.37. The molecular formula is C15H20F2N2O3. The minimum atomic E-state index is -1.20. The molecule has 7 heteroatoms. The van der Waals surface area contributed by atoms with Gasteiger partial charge in [-0.15, -0.1) is 0 Å². The lowest BCUT2D eigenvalue weighted by Gasteiger charge is -2.29. The number of benzene rings is 1. The van der Waals surface area contributed by atoms with Crippen LogP contribution < -0.4 is 0 Å². The van der Waals surface area contributed by atoms with Crippen LogP contribution in [0.1, 0.15) is 11.7 Å². The van der Waals surface area contributed by atoms with E-state index in [0.29, 0.717) is 26.3 Å². The van der Waals surface area contributed by atoms with E-state index in [-0.39, 0.29) is 24.6 Å². The zero-order chi connectivity index (χ0) is 16.1. The van der Waals surface area contributed by atoms with Crippen LogP contribution in [0.4, 0.5) is 8.78 Å². The molecule has 122 valence electrons. The number of aliphatic hydroxyl groups excluding tert-OH is 1. The molecule has 0 aliphatic carbocycles.